The van der Waals surface area contributed by atoms with E-state index in [1.54, 1.807) is 53.6 Å². The van der Waals surface area contributed by atoms with Gasteiger partial charge in [-0.15, -0.1) is 0 Å². The van der Waals surface area contributed by atoms with Gasteiger partial charge in [-0.1, -0.05) is 43.7 Å². The minimum atomic E-state index is -0.938. The van der Waals surface area contributed by atoms with Gasteiger partial charge in [0.2, 0.25) is 5.91 Å². The fourth-order valence-electron chi connectivity index (χ4n) is 4.50. The second kappa shape index (κ2) is 9.19. The first-order chi connectivity index (χ1) is 16.6. The first kappa shape index (κ1) is 22.0. The number of rotatable bonds is 7. The molecule has 2 heterocycles. The molecule has 2 fully saturated rings. The van der Waals surface area contributed by atoms with Gasteiger partial charge in [-0.2, -0.15) is 0 Å². The summed E-state index contributed by atoms with van der Waals surface area (Å²) in [5.41, 5.74) is 2.01. The van der Waals surface area contributed by atoms with Crippen molar-refractivity contribution in [1.82, 2.24) is 0 Å². The van der Waals surface area contributed by atoms with Crippen LogP contribution in [0.4, 0.5) is 11.4 Å². The van der Waals surface area contributed by atoms with Crippen molar-refractivity contribution in [3.05, 3.63) is 84.4 Å². The second-order valence-corrected chi connectivity index (χ2v) is 8.46. The smallest absolute Gasteiger partial charge is 0.266 e. The number of hydroxylamine groups is 1. The maximum Gasteiger partial charge on any atom is 0.266 e. The topological polar surface area (TPSA) is 79.3 Å². The summed E-state index contributed by atoms with van der Waals surface area (Å²) in [7, 11) is 0. The van der Waals surface area contributed by atoms with Crippen LogP contribution in [-0.4, -0.2) is 29.6 Å². The summed E-state index contributed by atoms with van der Waals surface area (Å²) in [6.45, 7) is 2.72. The standard InChI is InChI=1S/C27H26N2O5/c1-2-3-17-33-22-15-11-19(12-16-22)28-26(31)23-24(18-9-13-21(30)14-10-18)29(34-25(23)27(28)32)20-7-5-4-6-8-20/h4-16,23-25,30H,2-3,17H2,1H3/t23-,24+,25-/m0/s1. The van der Waals surface area contributed by atoms with Crippen LogP contribution >= 0.6 is 0 Å². The first-order valence-electron chi connectivity index (χ1n) is 11.5. The number of phenols is 1. The molecule has 3 atom stereocenters. The zero-order valence-corrected chi connectivity index (χ0v) is 18.8. The van der Waals surface area contributed by atoms with Gasteiger partial charge < -0.3 is 9.84 Å². The fourth-order valence-corrected chi connectivity index (χ4v) is 4.50. The third-order valence-electron chi connectivity index (χ3n) is 6.22. The van der Waals surface area contributed by atoms with E-state index < -0.39 is 24.0 Å². The van der Waals surface area contributed by atoms with E-state index in [-0.39, 0.29) is 11.7 Å². The molecule has 34 heavy (non-hydrogen) atoms. The van der Waals surface area contributed by atoms with Crippen molar-refractivity contribution in [2.24, 2.45) is 5.92 Å². The van der Waals surface area contributed by atoms with E-state index in [0.717, 1.165) is 24.1 Å². The molecule has 0 radical (unpaired) electrons. The Labute approximate surface area is 198 Å². The first-order valence-corrected chi connectivity index (χ1v) is 11.5. The zero-order chi connectivity index (χ0) is 23.7. The molecule has 0 saturated carbocycles. The Morgan fingerprint density at radius 3 is 2.26 bits per heavy atom. The van der Waals surface area contributed by atoms with E-state index in [4.69, 9.17) is 9.57 Å². The van der Waals surface area contributed by atoms with Gasteiger partial charge in [0, 0.05) is 0 Å². The fraction of sp³-hybridized carbons (Fsp3) is 0.259. The minimum Gasteiger partial charge on any atom is -0.508 e. The van der Waals surface area contributed by atoms with Crippen LogP contribution in [0.5, 0.6) is 11.5 Å². The Bertz CT molecular complexity index is 1160. The Morgan fingerprint density at radius 2 is 1.59 bits per heavy atom. The summed E-state index contributed by atoms with van der Waals surface area (Å²) < 4.78 is 5.70. The molecule has 0 aliphatic carbocycles. The van der Waals surface area contributed by atoms with Crippen LogP contribution in [0.1, 0.15) is 31.4 Å². The van der Waals surface area contributed by atoms with Crippen LogP contribution in [0.15, 0.2) is 78.9 Å². The second-order valence-electron chi connectivity index (χ2n) is 8.46. The van der Waals surface area contributed by atoms with Crippen molar-refractivity contribution >= 4 is 23.2 Å². The number of unbranched alkanes of at least 4 members (excludes halogenated alkanes) is 1. The van der Waals surface area contributed by atoms with Crippen LogP contribution in [0, 0.1) is 5.92 Å². The molecular weight excluding hydrogens is 432 g/mol. The number of imide groups is 1. The van der Waals surface area contributed by atoms with E-state index in [1.807, 2.05) is 30.3 Å². The van der Waals surface area contributed by atoms with E-state index in [9.17, 15) is 14.7 Å². The zero-order valence-electron chi connectivity index (χ0n) is 18.8. The summed E-state index contributed by atoms with van der Waals surface area (Å²) in [5.74, 6) is -0.604. The summed E-state index contributed by atoms with van der Waals surface area (Å²) in [6, 6.07) is 22.5. The SMILES string of the molecule is CCCCOc1ccc(N2C(=O)[C@@H]3[C@H](ON(c4ccccc4)[C@@H]3c3ccc(O)cc3)C2=O)cc1. The van der Waals surface area contributed by atoms with Crippen LogP contribution in [0.3, 0.4) is 0 Å². The third kappa shape index (κ3) is 3.88. The van der Waals surface area contributed by atoms with Crippen LogP contribution < -0.4 is 14.7 Å². The monoisotopic (exact) mass is 458 g/mol. The van der Waals surface area contributed by atoms with Gasteiger partial charge >= 0.3 is 0 Å². The molecule has 2 aliphatic heterocycles. The summed E-state index contributed by atoms with van der Waals surface area (Å²) in [5, 5.41) is 11.4. The third-order valence-corrected chi connectivity index (χ3v) is 6.22. The van der Waals surface area contributed by atoms with E-state index in [1.165, 1.54) is 4.90 Å². The molecule has 1 N–H and O–H groups in total. The summed E-state index contributed by atoms with van der Waals surface area (Å²) in [4.78, 5) is 34.4. The maximum atomic E-state index is 13.6. The van der Waals surface area contributed by atoms with Crippen LogP contribution in [0.25, 0.3) is 0 Å². The number of nitrogens with zero attached hydrogens (tertiary/aromatic N) is 2. The molecule has 2 saturated heterocycles. The summed E-state index contributed by atoms with van der Waals surface area (Å²) in [6.07, 6.45) is 1.06. The molecule has 0 bridgehead atoms. The highest BCUT2D eigenvalue weighted by atomic mass is 16.7. The molecule has 0 spiro atoms. The normalized spacial score (nSPS) is 21.7. The van der Waals surface area contributed by atoms with Crippen molar-refractivity contribution in [3.8, 4) is 11.5 Å². The van der Waals surface area contributed by atoms with Crippen LogP contribution in [0.2, 0.25) is 0 Å². The number of phenolic OH excluding ortho intramolecular Hbond substituents is 1. The Morgan fingerprint density at radius 1 is 0.882 bits per heavy atom. The number of carbonyl (C=O) groups excluding carboxylic acids is 2. The van der Waals surface area contributed by atoms with E-state index >= 15 is 0 Å². The van der Waals surface area contributed by atoms with Crippen LogP contribution in [-0.2, 0) is 14.4 Å². The number of hydrogen-bond donors (Lipinski definition) is 1. The number of ether oxygens (including phenoxy) is 1. The van der Waals surface area contributed by atoms with Crippen molar-refractivity contribution in [1.29, 1.82) is 0 Å². The molecule has 7 nitrogen and oxygen atoms in total. The number of anilines is 2. The van der Waals surface area contributed by atoms with Gasteiger partial charge in [-0.3, -0.25) is 14.4 Å². The van der Waals surface area contributed by atoms with Crippen molar-refractivity contribution in [3.63, 3.8) is 0 Å². The predicted octanol–water partition coefficient (Wildman–Crippen LogP) is 4.62. The highest BCUT2D eigenvalue weighted by Gasteiger charge is 2.60. The molecule has 5 rings (SSSR count). The number of benzene rings is 3. The molecule has 3 aromatic carbocycles. The van der Waals surface area contributed by atoms with Gasteiger partial charge in [0.25, 0.3) is 5.91 Å². The van der Waals surface area contributed by atoms with Crippen molar-refractivity contribution < 1.29 is 24.3 Å². The van der Waals surface area contributed by atoms with E-state index in [0.29, 0.717) is 18.0 Å². The Hall–Kier alpha value is -3.84. The van der Waals surface area contributed by atoms with Gasteiger partial charge in [0.05, 0.1) is 24.0 Å². The Kier molecular flexibility index (Phi) is 5.94. The number of hydrogen-bond acceptors (Lipinski definition) is 6. The molecule has 0 unspecified atom stereocenters. The minimum absolute atomic E-state index is 0.127. The molecule has 3 aromatic rings. The lowest BCUT2D eigenvalue weighted by Crippen LogP contribution is -2.37. The largest absolute Gasteiger partial charge is 0.508 e. The van der Waals surface area contributed by atoms with E-state index in [2.05, 4.69) is 6.92 Å². The molecule has 2 amide bonds. The maximum absolute atomic E-state index is 13.6. The lowest BCUT2D eigenvalue weighted by molar-refractivity contribution is -0.126. The predicted molar refractivity (Wildman–Crippen MR) is 127 cm³/mol. The number of para-hydroxylation sites is 1. The molecule has 0 aromatic heterocycles. The number of carbonyl (C=O) groups is 2. The average molecular weight is 459 g/mol. The lowest BCUT2D eigenvalue weighted by atomic mass is 9.90. The van der Waals surface area contributed by atoms with Crippen molar-refractivity contribution in [2.45, 2.75) is 31.9 Å². The van der Waals surface area contributed by atoms with Gasteiger partial charge in [0.1, 0.15) is 17.4 Å². The number of aromatic hydroxyl groups is 1. The molecular formula is C27H26N2O5. The number of amides is 2. The summed E-state index contributed by atoms with van der Waals surface area (Å²) >= 11 is 0. The van der Waals surface area contributed by atoms with Crippen molar-refractivity contribution in [2.75, 3.05) is 16.6 Å². The highest BCUT2D eigenvalue weighted by molar-refractivity contribution is 6.23. The van der Waals surface area contributed by atoms with Gasteiger partial charge in [-0.05, 0) is 60.5 Å². The Balaban J connectivity index is 1.46. The average Bonchev–Trinajstić information content (AvgIpc) is 3.37. The molecule has 2 aliphatic rings. The molecule has 174 valence electrons. The van der Waals surface area contributed by atoms with Gasteiger partial charge in [-0.25, -0.2) is 9.96 Å². The quantitative estimate of drug-likeness (QED) is 0.411. The lowest BCUT2D eigenvalue weighted by Gasteiger charge is -2.28. The molecule has 7 heteroatoms. The van der Waals surface area contributed by atoms with Gasteiger partial charge in [0.15, 0.2) is 6.10 Å². The highest BCUT2D eigenvalue weighted by Crippen LogP contribution is 2.47. The number of fused-ring (bicyclic) bond motifs is 1.